The maximum absolute atomic E-state index is 16.7. The molecule has 8 nitrogen and oxygen atoms in total. The van der Waals surface area contributed by atoms with E-state index in [0.29, 0.717) is 40.9 Å². The number of benzene rings is 2. The van der Waals surface area contributed by atoms with Crippen LogP contribution >= 0.6 is 11.6 Å². The first kappa shape index (κ1) is 31.9. The van der Waals surface area contributed by atoms with Gasteiger partial charge in [0, 0.05) is 53.2 Å². The summed E-state index contributed by atoms with van der Waals surface area (Å²) in [6, 6.07) is 10.9. The molecule has 5 atom stereocenters. The molecule has 0 spiro atoms. The van der Waals surface area contributed by atoms with E-state index in [1.807, 2.05) is 24.3 Å². The van der Waals surface area contributed by atoms with Crippen LogP contribution in [0.15, 0.2) is 55.3 Å². The van der Waals surface area contributed by atoms with Gasteiger partial charge in [-0.05, 0) is 43.3 Å². The van der Waals surface area contributed by atoms with Crippen molar-refractivity contribution < 1.29 is 27.6 Å². The summed E-state index contributed by atoms with van der Waals surface area (Å²) in [6.07, 6.45) is 3.96. The minimum atomic E-state index is -1.16. The Morgan fingerprint density at radius 2 is 2.00 bits per heavy atom. The zero-order valence-electron chi connectivity index (χ0n) is 26.1. The van der Waals surface area contributed by atoms with Gasteiger partial charge in [-0.15, -0.1) is 0 Å². The van der Waals surface area contributed by atoms with Crippen molar-refractivity contribution >= 4 is 45.3 Å². The molecule has 1 N–H and O–H groups in total. The highest BCUT2D eigenvalue weighted by atomic mass is 35.5. The third-order valence-electron chi connectivity index (χ3n) is 9.92. The summed E-state index contributed by atoms with van der Waals surface area (Å²) in [4.78, 5) is 17.6. The maximum atomic E-state index is 16.7. The first-order valence-corrected chi connectivity index (χ1v) is 16.4. The van der Waals surface area contributed by atoms with Gasteiger partial charge < -0.3 is 9.84 Å². The minimum absolute atomic E-state index is 0.0148. The zero-order valence-corrected chi connectivity index (χ0v) is 26.9. The molecule has 3 aliphatic heterocycles. The quantitative estimate of drug-likeness (QED) is 0.138. The average molecular weight is 666 g/mol. The van der Waals surface area contributed by atoms with Crippen LogP contribution in [-0.2, 0) is 0 Å². The van der Waals surface area contributed by atoms with Gasteiger partial charge in [-0.2, -0.15) is 4.98 Å². The lowest BCUT2D eigenvalue weighted by Crippen LogP contribution is -2.47. The van der Waals surface area contributed by atoms with Crippen molar-refractivity contribution in [3.8, 4) is 17.3 Å². The van der Waals surface area contributed by atoms with E-state index in [1.54, 1.807) is 34.9 Å². The normalized spacial score (nSPS) is 26.2. The van der Waals surface area contributed by atoms with Crippen LogP contribution in [0.3, 0.4) is 0 Å². The van der Waals surface area contributed by atoms with E-state index in [-0.39, 0.29) is 42.6 Å². The Kier molecular flexibility index (Phi) is 8.67. The summed E-state index contributed by atoms with van der Waals surface area (Å²) < 4.78 is 54.2. The Morgan fingerprint density at radius 1 is 1.19 bits per heavy atom. The molecule has 12 heteroatoms. The Bertz CT molecular complexity index is 1870. The lowest BCUT2D eigenvalue weighted by atomic mass is 9.95. The Labute approximate surface area is 276 Å². The number of halogens is 4. The molecule has 2 unspecified atom stereocenters. The molecule has 2 aromatic carbocycles. The van der Waals surface area contributed by atoms with Crippen molar-refractivity contribution in [2.45, 2.75) is 49.8 Å². The number of pyridine rings is 1. The van der Waals surface area contributed by atoms with Crippen molar-refractivity contribution in [1.82, 2.24) is 24.8 Å². The van der Waals surface area contributed by atoms with Gasteiger partial charge in [-0.25, -0.2) is 17.7 Å². The second-order valence-corrected chi connectivity index (χ2v) is 13.3. The molecule has 47 heavy (non-hydrogen) atoms. The molecular weight excluding hydrogens is 629 g/mol. The fraction of sp³-hybridized carbons (Fsp3) is 0.429. The van der Waals surface area contributed by atoms with Crippen molar-refractivity contribution in [2.24, 2.45) is 5.92 Å². The van der Waals surface area contributed by atoms with Gasteiger partial charge in [0.05, 0.1) is 24.7 Å². The maximum Gasteiger partial charge on any atom is 0.434 e. The third kappa shape index (κ3) is 5.88. The van der Waals surface area contributed by atoms with Crippen molar-refractivity contribution in [3.63, 3.8) is 0 Å². The average Bonchev–Trinajstić information content (AvgIpc) is 3.60. The largest absolute Gasteiger partial charge is 0.443 e. The number of aliphatic hydroxyl groups is 1. The summed E-state index contributed by atoms with van der Waals surface area (Å²) in [5.41, 5.74) is 0.106. The second kappa shape index (κ2) is 12.8. The molecule has 0 bridgehead atoms. The van der Waals surface area contributed by atoms with Gasteiger partial charge in [0.25, 0.3) is 0 Å². The van der Waals surface area contributed by atoms with Crippen molar-refractivity contribution in [1.29, 1.82) is 0 Å². The van der Waals surface area contributed by atoms with E-state index in [1.165, 1.54) is 12.3 Å². The van der Waals surface area contributed by atoms with E-state index in [4.69, 9.17) is 16.3 Å². The molecule has 2 aromatic heterocycles. The molecule has 3 aliphatic rings. The molecule has 7 rings (SSSR count). The highest BCUT2D eigenvalue weighted by Crippen LogP contribution is 2.41. The third-order valence-corrected chi connectivity index (χ3v) is 10.2. The van der Waals surface area contributed by atoms with Crippen molar-refractivity contribution in [3.05, 3.63) is 66.1 Å². The van der Waals surface area contributed by atoms with Gasteiger partial charge in [0.1, 0.15) is 41.8 Å². The number of alkyl halides is 2. The number of fused-ring (bicyclic) bond motifs is 3. The van der Waals surface area contributed by atoms with E-state index >= 15 is 8.78 Å². The number of hydrogen-bond acceptors (Lipinski definition) is 7. The molecule has 0 saturated carbocycles. The molecule has 0 radical (unpaired) electrons. The zero-order chi connectivity index (χ0) is 32.9. The number of nitrogens with zero attached hydrogens (tertiary/aromatic N) is 6. The molecule has 5 heterocycles. The number of piperidine rings is 1. The topological polar surface area (TPSA) is 77.6 Å². The summed E-state index contributed by atoms with van der Waals surface area (Å²) in [5, 5.41) is 12.6. The predicted octanol–water partition coefficient (Wildman–Crippen LogP) is 6.10. The van der Waals surface area contributed by atoms with Gasteiger partial charge in [0.2, 0.25) is 0 Å². The molecule has 4 aromatic rings. The van der Waals surface area contributed by atoms with Crippen LogP contribution in [0.2, 0.25) is 5.02 Å². The fourth-order valence-electron chi connectivity index (χ4n) is 7.55. The molecule has 3 saturated heterocycles. The Hall–Kier alpha value is -3.64. The standard InChI is InChI=1S/C35H37ClF3N6O2/c1-3-28(46)44-14-11-27(38)22(18-44)17-43(2)33-25-16-40-31(24-9-4-7-21-8-5-10-26(36)29(21)24)30(39)32(25)41-34(42-33)47-20-35-12-6-13-45(35)19-23(37)15-35/h3-5,7-10,16-17,22-23,27-28,46H,1,6,11-15,18-20H2,2H3/q+1/b43-17+/t22?,23-,27-,28?,35+/m1/s1. The smallest absolute Gasteiger partial charge is 0.434 e. The Balaban J connectivity index is 1.33. The number of aliphatic hydroxyl groups excluding tert-OH is 1. The number of ether oxygens (including phenoxy) is 1. The summed E-state index contributed by atoms with van der Waals surface area (Å²) >= 11 is 6.58. The first-order chi connectivity index (χ1) is 22.7. The lowest BCUT2D eigenvalue weighted by molar-refractivity contribution is -0.405. The molecule has 0 aliphatic carbocycles. The molecule has 3 fully saturated rings. The van der Waals surface area contributed by atoms with E-state index in [2.05, 4.69) is 26.4 Å². The van der Waals surface area contributed by atoms with Crippen molar-refractivity contribution in [2.75, 3.05) is 39.8 Å². The van der Waals surface area contributed by atoms with Crippen LogP contribution in [0.4, 0.5) is 19.0 Å². The molecular formula is C35H37ClF3N6O2+. The fourth-order valence-corrected chi connectivity index (χ4v) is 7.83. The highest BCUT2D eigenvalue weighted by molar-refractivity contribution is 6.36. The Morgan fingerprint density at radius 3 is 2.81 bits per heavy atom. The van der Waals surface area contributed by atoms with Gasteiger partial charge in [-0.1, -0.05) is 48.5 Å². The molecule has 246 valence electrons. The van der Waals surface area contributed by atoms with Gasteiger partial charge >= 0.3 is 11.8 Å². The number of aromatic nitrogens is 3. The summed E-state index contributed by atoms with van der Waals surface area (Å²) in [5.74, 6) is -0.981. The van der Waals surface area contributed by atoms with Crippen LogP contribution in [0, 0.1) is 11.7 Å². The minimum Gasteiger partial charge on any atom is -0.443 e. The van der Waals surface area contributed by atoms with Crippen LogP contribution in [0.5, 0.6) is 6.01 Å². The van der Waals surface area contributed by atoms with Gasteiger partial charge in [-0.3, -0.25) is 14.8 Å². The number of likely N-dealkylation sites (tertiary alicyclic amines) is 1. The van der Waals surface area contributed by atoms with E-state index < -0.39 is 35.8 Å². The number of rotatable bonds is 8. The van der Waals surface area contributed by atoms with E-state index in [9.17, 15) is 9.50 Å². The SMILES string of the molecule is C=CC(O)N1CC[C@@H](F)C(/C=[N+](\C)c2nc(OC[C@@]34CCCN3C[C@H](F)C4)nc3c(F)c(-c4cccc5cccc(Cl)c45)ncc23)C1. The highest BCUT2D eigenvalue weighted by Gasteiger charge is 2.49. The summed E-state index contributed by atoms with van der Waals surface area (Å²) in [6.45, 7) is 5.63. The van der Waals surface area contributed by atoms with Crippen LogP contribution in [-0.4, -0.2) is 105 Å². The van der Waals surface area contributed by atoms with Gasteiger partial charge in [0.15, 0.2) is 5.82 Å². The first-order valence-electron chi connectivity index (χ1n) is 16.0. The second-order valence-electron chi connectivity index (χ2n) is 12.9. The molecule has 0 amide bonds. The number of hydrogen-bond donors (Lipinski definition) is 1. The van der Waals surface area contributed by atoms with Crippen LogP contribution < -0.4 is 4.74 Å². The predicted molar refractivity (Wildman–Crippen MR) is 176 cm³/mol. The van der Waals surface area contributed by atoms with Crippen LogP contribution in [0.1, 0.15) is 25.7 Å². The summed E-state index contributed by atoms with van der Waals surface area (Å²) in [7, 11) is 1.71. The lowest BCUT2D eigenvalue weighted by Gasteiger charge is -2.34. The monoisotopic (exact) mass is 665 g/mol. The van der Waals surface area contributed by atoms with E-state index in [0.717, 1.165) is 24.8 Å². The van der Waals surface area contributed by atoms with Crippen LogP contribution in [0.25, 0.3) is 32.9 Å².